The van der Waals surface area contributed by atoms with Gasteiger partial charge in [0.1, 0.15) is 11.9 Å². The predicted octanol–water partition coefficient (Wildman–Crippen LogP) is 1.70. The number of hydrogen-bond donors (Lipinski definition) is 2. The molecule has 156 valence electrons. The summed E-state index contributed by atoms with van der Waals surface area (Å²) >= 11 is 0. The summed E-state index contributed by atoms with van der Waals surface area (Å²) in [5.74, 6) is 0.745. The second-order valence-electron chi connectivity index (χ2n) is 7.34. The molecule has 0 aliphatic carbocycles. The second kappa shape index (κ2) is 8.51. The first kappa shape index (κ1) is 19.8. The molecule has 1 unspecified atom stereocenters. The molecule has 2 aromatic heterocycles. The van der Waals surface area contributed by atoms with Crippen LogP contribution in [-0.2, 0) is 13.1 Å². The topological polar surface area (TPSA) is 128 Å². The molecule has 0 radical (unpaired) electrons. The number of aromatic nitrogens is 3. The van der Waals surface area contributed by atoms with Crippen molar-refractivity contribution in [1.82, 2.24) is 25.2 Å². The van der Waals surface area contributed by atoms with Gasteiger partial charge in [0.05, 0.1) is 24.2 Å². The minimum Gasteiger partial charge on any atom is -0.465 e. The molecule has 0 bridgehead atoms. The summed E-state index contributed by atoms with van der Waals surface area (Å²) in [5.41, 5.74) is 2.85. The number of nitrogens with one attached hydrogen (secondary N) is 1. The standard InChI is InChI=1S/C20H23N7O3/c1-13(14-3-6-22-7-4-14)30-19-24-17-11-23-10-16(17)18(25-19)26-8-9-27(20(28)29)15(12-26)2-5-21/h3-4,6-7,13,15,23H,2,8-12H2,1H3,(H,28,29)/t13-,15?/m1/s1. The van der Waals surface area contributed by atoms with Crippen LogP contribution in [0.4, 0.5) is 10.6 Å². The highest BCUT2D eigenvalue weighted by molar-refractivity contribution is 5.66. The molecule has 2 aromatic rings. The van der Waals surface area contributed by atoms with Crippen LogP contribution in [0.5, 0.6) is 6.01 Å². The lowest BCUT2D eigenvalue weighted by atomic mass is 10.1. The molecule has 10 heteroatoms. The zero-order chi connectivity index (χ0) is 21.1. The van der Waals surface area contributed by atoms with Gasteiger partial charge in [-0.05, 0) is 24.6 Å². The lowest BCUT2D eigenvalue weighted by molar-refractivity contribution is 0.119. The second-order valence-corrected chi connectivity index (χ2v) is 7.34. The lowest BCUT2D eigenvalue weighted by Crippen LogP contribution is -2.55. The zero-order valence-corrected chi connectivity index (χ0v) is 16.7. The van der Waals surface area contributed by atoms with Crippen LogP contribution in [0, 0.1) is 11.3 Å². The van der Waals surface area contributed by atoms with E-state index in [0.717, 1.165) is 22.6 Å². The van der Waals surface area contributed by atoms with E-state index in [0.29, 0.717) is 32.7 Å². The smallest absolute Gasteiger partial charge is 0.407 e. The van der Waals surface area contributed by atoms with Crippen LogP contribution in [0.1, 0.15) is 36.3 Å². The SMILES string of the molecule is C[C@@H](Oc1nc2c(c(N3CCN(C(=O)O)C(CC#N)C3)n1)CNC2)c1ccncc1. The lowest BCUT2D eigenvalue weighted by Gasteiger charge is -2.40. The van der Waals surface area contributed by atoms with Gasteiger partial charge in [0.15, 0.2) is 0 Å². The van der Waals surface area contributed by atoms with Crippen LogP contribution in [0.15, 0.2) is 24.5 Å². The van der Waals surface area contributed by atoms with Crippen molar-refractivity contribution in [3.8, 4) is 12.1 Å². The van der Waals surface area contributed by atoms with Crippen molar-refractivity contribution in [2.75, 3.05) is 24.5 Å². The Morgan fingerprint density at radius 1 is 1.37 bits per heavy atom. The molecular formula is C20H23N7O3. The average Bonchev–Trinajstić information content (AvgIpc) is 3.22. The number of fused-ring (bicyclic) bond motifs is 1. The molecule has 1 fully saturated rings. The quantitative estimate of drug-likeness (QED) is 0.758. The third kappa shape index (κ3) is 3.97. The average molecular weight is 409 g/mol. The van der Waals surface area contributed by atoms with E-state index in [1.54, 1.807) is 12.4 Å². The van der Waals surface area contributed by atoms with Gasteiger partial charge >= 0.3 is 12.1 Å². The Morgan fingerprint density at radius 2 is 2.17 bits per heavy atom. The monoisotopic (exact) mass is 409 g/mol. The van der Waals surface area contributed by atoms with Gasteiger partial charge in [-0.3, -0.25) is 4.98 Å². The van der Waals surface area contributed by atoms with Crippen LogP contribution in [0.3, 0.4) is 0 Å². The number of nitriles is 1. The Morgan fingerprint density at radius 3 is 2.90 bits per heavy atom. The molecule has 10 nitrogen and oxygen atoms in total. The molecule has 2 aliphatic heterocycles. The van der Waals surface area contributed by atoms with E-state index >= 15 is 0 Å². The Balaban J connectivity index is 1.60. The molecule has 2 atom stereocenters. The Kier molecular flexibility index (Phi) is 5.63. The fourth-order valence-corrected chi connectivity index (χ4v) is 3.88. The van der Waals surface area contributed by atoms with E-state index in [4.69, 9.17) is 10.00 Å². The van der Waals surface area contributed by atoms with E-state index < -0.39 is 12.1 Å². The van der Waals surface area contributed by atoms with Gasteiger partial charge in [-0.25, -0.2) is 4.79 Å². The maximum Gasteiger partial charge on any atom is 0.407 e. The number of rotatable bonds is 5. The van der Waals surface area contributed by atoms with Gasteiger partial charge in [-0.15, -0.1) is 0 Å². The minimum absolute atomic E-state index is 0.136. The molecule has 30 heavy (non-hydrogen) atoms. The van der Waals surface area contributed by atoms with Crippen molar-refractivity contribution in [2.24, 2.45) is 0 Å². The predicted molar refractivity (Wildman–Crippen MR) is 107 cm³/mol. The van der Waals surface area contributed by atoms with E-state index in [-0.39, 0.29) is 18.5 Å². The summed E-state index contributed by atoms with van der Waals surface area (Å²) in [6.07, 6.45) is 2.32. The highest BCUT2D eigenvalue weighted by atomic mass is 16.5. The molecular weight excluding hydrogens is 386 g/mol. The normalized spacial score (nSPS) is 19.1. The summed E-state index contributed by atoms with van der Waals surface area (Å²) < 4.78 is 6.03. The van der Waals surface area contributed by atoms with Crippen LogP contribution < -0.4 is 15.0 Å². The number of amides is 1. The third-order valence-corrected chi connectivity index (χ3v) is 5.46. The molecule has 1 amide bonds. The van der Waals surface area contributed by atoms with Gasteiger partial charge in [0.2, 0.25) is 0 Å². The third-order valence-electron chi connectivity index (χ3n) is 5.46. The van der Waals surface area contributed by atoms with Crippen molar-refractivity contribution in [3.05, 3.63) is 41.3 Å². The Labute approximate surface area is 174 Å². The van der Waals surface area contributed by atoms with Crippen molar-refractivity contribution in [1.29, 1.82) is 5.26 Å². The molecule has 4 rings (SSSR count). The van der Waals surface area contributed by atoms with Crippen molar-refractivity contribution in [3.63, 3.8) is 0 Å². The Bertz CT molecular complexity index is 963. The first-order chi connectivity index (χ1) is 14.6. The first-order valence-electron chi connectivity index (χ1n) is 9.85. The Hall–Kier alpha value is -3.45. The van der Waals surface area contributed by atoms with Crippen molar-refractivity contribution in [2.45, 2.75) is 38.6 Å². The summed E-state index contributed by atoms with van der Waals surface area (Å²) in [4.78, 5) is 28.2. The summed E-state index contributed by atoms with van der Waals surface area (Å²) in [6.45, 7) is 4.42. The summed E-state index contributed by atoms with van der Waals surface area (Å²) in [6, 6.07) is 5.75. The number of carbonyl (C=O) groups is 1. The van der Waals surface area contributed by atoms with Gasteiger partial charge in [0.25, 0.3) is 0 Å². The van der Waals surface area contributed by atoms with Crippen molar-refractivity contribution >= 4 is 11.9 Å². The van der Waals surface area contributed by atoms with E-state index in [2.05, 4.69) is 26.3 Å². The fourth-order valence-electron chi connectivity index (χ4n) is 3.88. The molecule has 0 spiro atoms. The molecule has 0 saturated carbocycles. The molecule has 0 aromatic carbocycles. The highest BCUT2D eigenvalue weighted by Crippen LogP contribution is 2.30. The fraction of sp³-hybridized carbons (Fsp3) is 0.450. The number of nitrogens with zero attached hydrogens (tertiary/aromatic N) is 6. The largest absolute Gasteiger partial charge is 0.465 e. The van der Waals surface area contributed by atoms with E-state index in [9.17, 15) is 9.90 Å². The van der Waals surface area contributed by atoms with Crippen LogP contribution in [-0.4, -0.2) is 56.7 Å². The molecule has 2 N–H and O–H groups in total. The van der Waals surface area contributed by atoms with Crippen molar-refractivity contribution < 1.29 is 14.6 Å². The van der Waals surface area contributed by atoms with Gasteiger partial charge in [-0.1, -0.05) is 0 Å². The van der Waals surface area contributed by atoms with Gasteiger partial charge in [-0.2, -0.15) is 15.2 Å². The maximum atomic E-state index is 11.5. The number of pyridine rings is 1. The zero-order valence-electron chi connectivity index (χ0n) is 16.7. The van der Waals surface area contributed by atoms with Crippen LogP contribution in [0.25, 0.3) is 0 Å². The number of hydrogen-bond acceptors (Lipinski definition) is 8. The highest BCUT2D eigenvalue weighted by Gasteiger charge is 2.33. The number of ether oxygens (including phenoxy) is 1. The molecule has 1 saturated heterocycles. The van der Waals surface area contributed by atoms with Crippen LogP contribution >= 0.6 is 0 Å². The molecule has 2 aliphatic rings. The van der Waals surface area contributed by atoms with E-state index in [1.165, 1.54) is 4.90 Å². The minimum atomic E-state index is -1.00. The summed E-state index contributed by atoms with van der Waals surface area (Å²) in [7, 11) is 0. The van der Waals surface area contributed by atoms with Gasteiger partial charge < -0.3 is 25.0 Å². The van der Waals surface area contributed by atoms with Gasteiger partial charge in [0, 0.05) is 50.7 Å². The maximum absolute atomic E-state index is 11.5. The molecule has 4 heterocycles. The van der Waals surface area contributed by atoms with E-state index in [1.807, 2.05) is 24.0 Å². The number of piperazine rings is 1. The van der Waals surface area contributed by atoms with Crippen LogP contribution in [0.2, 0.25) is 0 Å². The first-order valence-corrected chi connectivity index (χ1v) is 9.85. The summed E-state index contributed by atoms with van der Waals surface area (Å²) in [5, 5.41) is 21.9. The number of carboxylic acid groups (broad SMARTS) is 1. The number of anilines is 1.